The standard InChI is InChI=1S/C29H34BrN3O5/c1-7-10-21-13-20(14-25(36-9-3)27(21)37-17-26(34)38-18(4)5)16-31-33-28(19(6)8-2)32-24-12-11-22(30)15-23(24)29(33)35/h7,11-16,18-19H,1,8-10,17H2,2-6H3/t19-/m1/s1. The summed E-state index contributed by atoms with van der Waals surface area (Å²) >= 11 is 3.44. The van der Waals surface area contributed by atoms with Gasteiger partial charge in [0.05, 0.1) is 29.8 Å². The second kappa shape index (κ2) is 13.4. The zero-order valence-corrected chi connectivity index (χ0v) is 24.1. The molecule has 0 bridgehead atoms. The molecule has 0 radical (unpaired) electrons. The number of carbonyl (C=O) groups is 1. The largest absolute Gasteiger partial charge is 0.490 e. The van der Waals surface area contributed by atoms with Crippen LogP contribution in [0.15, 0.2) is 57.4 Å². The summed E-state index contributed by atoms with van der Waals surface area (Å²) in [7, 11) is 0. The molecule has 0 fully saturated rings. The van der Waals surface area contributed by atoms with E-state index in [1.807, 2.05) is 39.0 Å². The van der Waals surface area contributed by atoms with Crippen LogP contribution in [-0.4, -0.2) is 41.2 Å². The lowest BCUT2D eigenvalue weighted by molar-refractivity contribution is -0.149. The van der Waals surface area contributed by atoms with Gasteiger partial charge in [-0.2, -0.15) is 9.78 Å². The first kappa shape index (κ1) is 29.1. The summed E-state index contributed by atoms with van der Waals surface area (Å²) < 4.78 is 19.0. The van der Waals surface area contributed by atoms with Crippen molar-refractivity contribution in [1.82, 2.24) is 9.66 Å². The molecule has 1 aromatic heterocycles. The molecule has 0 spiro atoms. The molecular formula is C29H34BrN3O5. The molecule has 8 nitrogen and oxygen atoms in total. The van der Waals surface area contributed by atoms with E-state index in [2.05, 4.69) is 27.6 Å². The zero-order chi connectivity index (χ0) is 27.8. The Morgan fingerprint density at radius 3 is 2.61 bits per heavy atom. The lowest BCUT2D eigenvalue weighted by atomic mass is 10.1. The van der Waals surface area contributed by atoms with Crippen molar-refractivity contribution in [3.8, 4) is 11.5 Å². The fourth-order valence-corrected chi connectivity index (χ4v) is 4.18. The molecule has 0 saturated heterocycles. The number of esters is 1. The van der Waals surface area contributed by atoms with E-state index in [1.165, 1.54) is 4.68 Å². The van der Waals surface area contributed by atoms with Crippen molar-refractivity contribution in [2.75, 3.05) is 13.2 Å². The summed E-state index contributed by atoms with van der Waals surface area (Å²) in [5.41, 5.74) is 1.84. The summed E-state index contributed by atoms with van der Waals surface area (Å²) in [6.07, 6.45) is 4.37. The van der Waals surface area contributed by atoms with Crippen LogP contribution in [0.3, 0.4) is 0 Å². The molecule has 38 heavy (non-hydrogen) atoms. The number of carbonyl (C=O) groups excluding carboxylic acids is 1. The molecular weight excluding hydrogens is 550 g/mol. The zero-order valence-electron chi connectivity index (χ0n) is 22.5. The topological polar surface area (TPSA) is 92.0 Å². The third-order valence-electron chi connectivity index (χ3n) is 5.73. The maximum Gasteiger partial charge on any atom is 0.344 e. The van der Waals surface area contributed by atoms with Gasteiger partial charge in [0.15, 0.2) is 18.1 Å². The van der Waals surface area contributed by atoms with Crippen molar-refractivity contribution < 1.29 is 19.0 Å². The van der Waals surface area contributed by atoms with Crippen LogP contribution >= 0.6 is 15.9 Å². The van der Waals surface area contributed by atoms with Gasteiger partial charge in [-0.25, -0.2) is 9.78 Å². The molecule has 2 aromatic carbocycles. The number of allylic oxidation sites excluding steroid dienone is 1. The highest BCUT2D eigenvalue weighted by molar-refractivity contribution is 9.10. The third kappa shape index (κ3) is 7.10. The smallest absolute Gasteiger partial charge is 0.344 e. The van der Waals surface area contributed by atoms with Crippen molar-refractivity contribution in [2.24, 2.45) is 5.10 Å². The summed E-state index contributed by atoms with van der Waals surface area (Å²) in [4.78, 5) is 30.3. The van der Waals surface area contributed by atoms with E-state index >= 15 is 0 Å². The Hall–Kier alpha value is -3.46. The Kier molecular flexibility index (Phi) is 10.2. The van der Waals surface area contributed by atoms with Crippen LogP contribution in [0, 0.1) is 0 Å². The van der Waals surface area contributed by atoms with Crippen molar-refractivity contribution in [3.05, 3.63) is 74.8 Å². The Bertz CT molecular complexity index is 1400. The highest BCUT2D eigenvalue weighted by Crippen LogP contribution is 2.34. The summed E-state index contributed by atoms with van der Waals surface area (Å²) in [6.45, 7) is 13.5. The Labute approximate surface area is 231 Å². The van der Waals surface area contributed by atoms with E-state index in [4.69, 9.17) is 19.2 Å². The van der Waals surface area contributed by atoms with Gasteiger partial charge in [0.1, 0.15) is 5.82 Å². The van der Waals surface area contributed by atoms with Crippen LogP contribution in [0.4, 0.5) is 0 Å². The average molecular weight is 585 g/mol. The highest BCUT2D eigenvalue weighted by Gasteiger charge is 2.18. The minimum absolute atomic E-state index is 0.0181. The fraction of sp³-hybridized carbons (Fsp3) is 0.379. The maximum absolute atomic E-state index is 13.4. The first-order valence-corrected chi connectivity index (χ1v) is 13.5. The van der Waals surface area contributed by atoms with Gasteiger partial charge in [0.25, 0.3) is 5.56 Å². The third-order valence-corrected chi connectivity index (χ3v) is 6.22. The number of benzene rings is 2. The van der Waals surface area contributed by atoms with E-state index in [9.17, 15) is 9.59 Å². The van der Waals surface area contributed by atoms with Crippen molar-refractivity contribution >= 4 is 39.0 Å². The monoisotopic (exact) mass is 583 g/mol. The van der Waals surface area contributed by atoms with Crippen molar-refractivity contribution in [1.29, 1.82) is 0 Å². The van der Waals surface area contributed by atoms with Gasteiger partial charge >= 0.3 is 5.97 Å². The molecule has 1 heterocycles. The normalized spacial score (nSPS) is 12.2. The molecule has 1 atom stereocenters. The fourth-order valence-electron chi connectivity index (χ4n) is 3.82. The summed E-state index contributed by atoms with van der Waals surface area (Å²) in [6, 6.07) is 9.08. The van der Waals surface area contributed by atoms with E-state index in [0.29, 0.717) is 46.8 Å². The van der Waals surface area contributed by atoms with Gasteiger partial charge < -0.3 is 14.2 Å². The lowest BCUT2D eigenvalue weighted by Gasteiger charge is -2.17. The molecule has 0 aliphatic heterocycles. The molecule has 0 aliphatic rings. The van der Waals surface area contributed by atoms with Crippen LogP contribution in [0.5, 0.6) is 11.5 Å². The first-order valence-electron chi connectivity index (χ1n) is 12.7. The van der Waals surface area contributed by atoms with E-state index in [-0.39, 0.29) is 24.2 Å². The van der Waals surface area contributed by atoms with E-state index < -0.39 is 5.97 Å². The second-order valence-electron chi connectivity index (χ2n) is 9.06. The predicted octanol–water partition coefficient (Wildman–Crippen LogP) is 6.01. The number of halogens is 1. The minimum Gasteiger partial charge on any atom is -0.490 e. The number of fused-ring (bicyclic) bond motifs is 1. The van der Waals surface area contributed by atoms with Crippen molar-refractivity contribution in [3.63, 3.8) is 0 Å². The molecule has 3 aromatic rings. The van der Waals surface area contributed by atoms with Gasteiger partial charge in [-0.05, 0) is 69.5 Å². The Balaban J connectivity index is 2.08. The number of ether oxygens (including phenoxy) is 3. The molecule has 0 N–H and O–H groups in total. The average Bonchev–Trinajstić information content (AvgIpc) is 2.87. The van der Waals surface area contributed by atoms with E-state index in [0.717, 1.165) is 16.5 Å². The van der Waals surface area contributed by atoms with Crippen LogP contribution < -0.4 is 15.0 Å². The Morgan fingerprint density at radius 1 is 1.18 bits per heavy atom. The molecule has 202 valence electrons. The van der Waals surface area contributed by atoms with Crippen LogP contribution in [0.25, 0.3) is 10.9 Å². The quantitative estimate of drug-likeness (QED) is 0.147. The van der Waals surface area contributed by atoms with Gasteiger partial charge in [0, 0.05) is 16.0 Å². The van der Waals surface area contributed by atoms with Gasteiger partial charge in [-0.1, -0.05) is 35.9 Å². The number of hydrogen-bond donors (Lipinski definition) is 0. The van der Waals surface area contributed by atoms with Crippen LogP contribution in [0.1, 0.15) is 63.9 Å². The summed E-state index contributed by atoms with van der Waals surface area (Å²) in [5.74, 6) is 1.04. The summed E-state index contributed by atoms with van der Waals surface area (Å²) in [5, 5.41) is 5.04. The molecule has 0 unspecified atom stereocenters. The predicted molar refractivity (Wildman–Crippen MR) is 154 cm³/mol. The number of nitrogens with zero attached hydrogens (tertiary/aromatic N) is 3. The maximum atomic E-state index is 13.4. The van der Waals surface area contributed by atoms with Crippen molar-refractivity contribution in [2.45, 2.75) is 59.5 Å². The van der Waals surface area contributed by atoms with Crippen LogP contribution in [0.2, 0.25) is 0 Å². The minimum atomic E-state index is -0.468. The molecule has 0 aliphatic carbocycles. The molecule has 0 saturated carbocycles. The van der Waals surface area contributed by atoms with Gasteiger partial charge in [0.2, 0.25) is 0 Å². The molecule has 0 amide bonds. The first-order chi connectivity index (χ1) is 18.2. The van der Waals surface area contributed by atoms with Crippen LogP contribution in [-0.2, 0) is 16.0 Å². The van der Waals surface area contributed by atoms with E-state index in [1.54, 1.807) is 38.3 Å². The molecule has 3 rings (SSSR count). The van der Waals surface area contributed by atoms with Gasteiger partial charge in [-0.15, -0.1) is 6.58 Å². The SMILES string of the molecule is C=CCc1cc(C=Nn2c([C@H](C)CC)nc3ccc(Br)cc3c2=O)cc(OCC)c1OCC(=O)OC(C)C. The number of rotatable bonds is 12. The Morgan fingerprint density at radius 2 is 1.95 bits per heavy atom. The second-order valence-corrected chi connectivity index (χ2v) is 9.98. The molecule has 9 heteroatoms. The van der Waals surface area contributed by atoms with Gasteiger partial charge in [-0.3, -0.25) is 4.79 Å². The lowest BCUT2D eigenvalue weighted by Crippen LogP contribution is -2.23. The number of hydrogen-bond acceptors (Lipinski definition) is 7. The highest BCUT2D eigenvalue weighted by atomic mass is 79.9. The number of aromatic nitrogens is 2.